The number of thioether (sulfide) groups is 1. The molecule has 3 heterocycles. The van der Waals surface area contributed by atoms with E-state index in [1.807, 2.05) is 0 Å². The van der Waals surface area contributed by atoms with Crippen LogP contribution in [0.3, 0.4) is 0 Å². The Labute approximate surface area is 263 Å². The summed E-state index contributed by atoms with van der Waals surface area (Å²) in [7, 11) is 0. The number of carbonyl (C=O) groups is 5. The van der Waals surface area contributed by atoms with E-state index in [0.29, 0.717) is 6.42 Å². The predicted molar refractivity (Wildman–Crippen MR) is 158 cm³/mol. The highest BCUT2D eigenvalue weighted by Gasteiger charge is 2.55. The van der Waals surface area contributed by atoms with E-state index in [9.17, 15) is 44.4 Å². The van der Waals surface area contributed by atoms with Crippen molar-refractivity contribution < 1.29 is 49.2 Å². The van der Waals surface area contributed by atoms with Crippen LogP contribution >= 0.6 is 39.0 Å². The summed E-state index contributed by atoms with van der Waals surface area (Å²) in [6, 6.07) is -0.481. The molecule has 3 atom stereocenters. The van der Waals surface area contributed by atoms with Crippen LogP contribution in [0.1, 0.15) is 35.3 Å². The molecule has 0 radical (unpaired) electrons. The lowest BCUT2D eigenvalue weighted by atomic mass is 9.80. The van der Waals surface area contributed by atoms with Crippen LogP contribution in [0.15, 0.2) is 38.4 Å². The number of ketones is 1. The number of Topliss-reactive ketones (excluding diaryl/α,β-unsaturated/α-hetero) is 1. The highest BCUT2D eigenvalue weighted by molar-refractivity contribution is 9.10. The van der Waals surface area contributed by atoms with Gasteiger partial charge in [-0.1, -0.05) is 21.1 Å². The molecule has 19 heteroatoms. The number of halogens is 1. The number of anilines is 1. The van der Waals surface area contributed by atoms with Crippen LogP contribution in [0.2, 0.25) is 0 Å². The Balaban J connectivity index is 1.39. The van der Waals surface area contributed by atoms with E-state index in [0.717, 1.165) is 34.1 Å². The van der Waals surface area contributed by atoms with Gasteiger partial charge in [-0.15, -0.1) is 23.1 Å². The Kier molecular flexibility index (Phi) is 8.31. The number of carboxylic acids is 2. The topological polar surface area (TPSA) is 268 Å². The number of carbonyl (C=O) groups excluding carboxylic acids is 3. The molecule has 2 aliphatic heterocycles. The number of nitrogens with one attached hydrogen (secondary N) is 1. The number of nitrogen functional groups attached to an aromatic ring is 1. The zero-order valence-electron chi connectivity index (χ0n) is 22.2. The molecule has 16 nitrogen and oxygen atoms in total. The molecule has 1 saturated carbocycles. The lowest BCUT2D eigenvalue weighted by molar-refractivity contribution is -0.178. The number of nitrogens with zero attached hydrogens (tertiary/aromatic N) is 3. The minimum Gasteiger partial charge on any atom is -0.504 e. The van der Waals surface area contributed by atoms with Crippen LogP contribution in [0.5, 0.6) is 11.5 Å². The van der Waals surface area contributed by atoms with Gasteiger partial charge in [-0.05, 0) is 24.1 Å². The SMILES string of the molecule is Nc1nc(/C(=N/OC2(C(=O)O)CCC2)C(=O)NC2C(=O)N3C(C(=O)O)=C(C(N)C(=O)c4cc(Br)cc(O)c4O)CS[C@@H]23)cs1. The van der Waals surface area contributed by atoms with Crippen LogP contribution in [0.4, 0.5) is 5.13 Å². The van der Waals surface area contributed by atoms with E-state index in [2.05, 4.69) is 31.4 Å². The first kappa shape index (κ1) is 31.2. The monoisotopic (exact) mass is 710 g/mol. The van der Waals surface area contributed by atoms with Gasteiger partial charge in [0.2, 0.25) is 5.60 Å². The van der Waals surface area contributed by atoms with Crippen molar-refractivity contribution in [2.24, 2.45) is 10.9 Å². The second-order valence-electron chi connectivity index (χ2n) is 9.96. The third-order valence-corrected chi connectivity index (χ3v) is 9.74. The van der Waals surface area contributed by atoms with Crippen molar-refractivity contribution in [2.75, 3.05) is 11.5 Å². The average Bonchev–Trinajstić information content (AvgIpc) is 3.38. The number of β-lactam (4-membered cyclic amide) rings is 1. The maximum Gasteiger partial charge on any atom is 0.352 e. The first-order valence-corrected chi connectivity index (χ1v) is 15.4. The molecule has 9 N–H and O–H groups in total. The summed E-state index contributed by atoms with van der Waals surface area (Å²) >= 11 is 5.12. The van der Waals surface area contributed by atoms with E-state index < -0.39 is 75.5 Å². The van der Waals surface area contributed by atoms with Crippen LogP contribution in [-0.4, -0.2) is 94.4 Å². The zero-order valence-corrected chi connectivity index (χ0v) is 25.4. The fourth-order valence-corrected chi connectivity index (χ4v) is 7.16. The summed E-state index contributed by atoms with van der Waals surface area (Å²) in [4.78, 5) is 73.9. The minimum atomic E-state index is -1.60. The van der Waals surface area contributed by atoms with Gasteiger partial charge in [0, 0.05) is 28.4 Å². The molecule has 1 aliphatic carbocycles. The van der Waals surface area contributed by atoms with Crippen LogP contribution in [-0.2, 0) is 24.0 Å². The second kappa shape index (κ2) is 11.7. The fraction of sp³-hybridized carbons (Fsp3) is 0.320. The largest absolute Gasteiger partial charge is 0.504 e. The Morgan fingerprint density at radius 3 is 2.50 bits per heavy atom. The maximum atomic E-state index is 13.3. The van der Waals surface area contributed by atoms with Gasteiger partial charge in [-0.3, -0.25) is 19.3 Å². The lowest BCUT2D eigenvalue weighted by Crippen LogP contribution is -2.71. The highest BCUT2D eigenvalue weighted by Crippen LogP contribution is 2.42. The van der Waals surface area contributed by atoms with Gasteiger partial charge in [0.1, 0.15) is 22.8 Å². The molecule has 1 aromatic heterocycles. The first-order chi connectivity index (χ1) is 20.8. The molecule has 3 aliphatic rings. The van der Waals surface area contributed by atoms with Gasteiger partial charge in [-0.2, -0.15) is 0 Å². The van der Waals surface area contributed by atoms with E-state index in [1.165, 1.54) is 11.4 Å². The number of nitrogens with two attached hydrogens (primary N) is 2. The quantitative estimate of drug-likeness (QED) is 0.0584. The number of aromatic hydroxyl groups is 2. The number of phenolic OH excluding ortho intramolecular Hbond substituents is 2. The van der Waals surface area contributed by atoms with Crippen LogP contribution in [0.25, 0.3) is 0 Å². The molecular formula is C25H23BrN6O10S2. The van der Waals surface area contributed by atoms with Crippen molar-refractivity contribution in [3.8, 4) is 11.5 Å². The number of thiazole rings is 1. The number of benzene rings is 1. The first-order valence-electron chi connectivity index (χ1n) is 12.7. The highest BCUT2D eigenvalue weighted by atomic mass is 79.9. The van der Waals surface area contributed by atoms with Gasteiger partial charge in [0.05, 0.1) is 11.6 Å². The molecule has 44 heavy (non-hydrogen) atoms. The molecule has 2 unspecified atom stereocenters. The Morgan fingerprint density at radius 1 is 1.23 bits per heavy atom. The maximum absolute atomic E-state index is 13.3. The van der Waals surface area contributed by atoms with Crippen molar-refractivity contribution in [3.05, 3.63) is 44.5 Å². The molecule has 1 saturated heterocycles. The smallest absolute Gasteiger partial charge is 0.352 e. The third-order valence-electron chi connectivity index (χ3n) is 7.31. The molecule has 0 bridgehead atoms. The molecule has 5 rings (SSSR count). The summed E-state index contributed by atoms with van der Waals surface area (Å²) in [5.41, 5.74) is 8.74. The molecular weight excluding hydrogens is 688 g/mol. The predicted octanol–water partition coefficient (Wildman–Crippen LogP) is 0.576. The average molecular weight is 712 g/mol. The van der Waals surface area contributed by atoms with Crippen molar-refractivity contribution in [2.45, 2.75) is 42.3 Å². The number of aliphatic carboxylic acids is 2. The van der Waals surface area contributed by atoms with E-state index >= 15 is 0 Å². The van der Waals surface area contributed by atoms with Gasteiger partial charge in [0.25, 0.3) is 11.8 Å². The van der Waals surface area contributed by atoms with Crippen LogP contribution < -0.4 is 16.8 Å². The lowest BCUT2D eigenvalue weighted by Gasteiger charge is -2.49. The number of phenols is 2. The standard InChI is InChI=1S/C25H23BrN6O10S2/c26-8-4-9(17(34)12(33)5-8)18(35)13(27)10-6-43-21-15(20(37)32(21)16(10)22(38)39)30-19(36)14(11-7-44-24(28)29-11)31-42-25(23(40)41)2-1-3-25/h4-5,7,13,15,21,33-34H,1-3,6,27H2,(H2,28,29)(H,30,36)(H,38,39)(H,40,41)/b31-14-/t13?,15?,21-/m0/s1. The van der Waals surface area contributed by atoms with Crippen molar-refractivity contribution >= 4 is 79.4 Å². The Hall–Kier alpha value is -4.20. The molecule has 0 spiro atoms. The van der Waals surface area contributed by atoms with E-state index in [-0.39, 0.29) is 45.0 Å². The van der Waals surface area contributed by atoms with Gasteiger partial charge >= 0.3 is 11.9 Å². The Morgan fingerprint density at radius 2 is 1.93 bits per heavy atom. The van der Waals surface area contributed by atoms with Gasteiger partial charge < -0.3 is 42.0 Å². The number of aromatic nitrogens is 1. The molecule has 2 amide bonds. The number of amides is 2. The Bertz CT molecular complexity index is 1670. The molecule has 232 valence electrons. The molecule has 2 aromatic rings. The summed E-state index contributed by atoms with van der Waals surface area (Å²) in [5.74, 6) is -6.96. The third kappa shape index (κ3) is 5.35. The van der Waals surface area contributed by atoms with Gasteiger partial charge in [0.15, 0.2) is 28.1 Å². The summed E-state index contributed by atoms with van der Waals surface area (Å²) < 4.78 is 0.254. The fourth-order valence-electron chi connectivity index (χ4n) is 4.77. The summed E-state index contributed by atoms with van der Waals surface area (Å²) in [6.07, 6.45) is 0.935. The van der Waals surface area contributed by atoms with Crippen molar-refractivity contribution in [1.29, 1.82) is 0 Å². The van der Waals surface area contributed by atoms with Gasteiger partial charge in [-0.25, -0.2) is 14.6 Å². The number of hydrogen-bond acceptors (Lipinski definition) is 14. The summed E-state index contributed by atoms with van der Waals surface area (Å²) in [6.45, 7) is 0. The second-order valence-corrected chi connectivity index (χ2v) is 12.9. The van der Waals surface area contributed by atoms with Crippen molar-refractivity contribution in [1.82, 2.24) is 15.2 Å². The number of hydrogen-bond donors (Lipinski definition) is 7. The minimum absolute atomic E-state index is 0.0236. The van der Waals surface area contributed by atoms with E-state index in [1.54, 1.807) is 0 Å². The number of fused-ring (bicyclic) bond motifs is 1. The number of oxime groups is 1. The zero-order chi connectivity index (χ0) is 32.1. The number of carboxylic acid groups (broad SMARTS) is 2. The molecule has 1 aromatic carbocycles. The number of rotatable bonds is 10. The van der Waals surface area contributed by atoms with Crippen LogP contribution in [0, 0.1) is 0 Å². The normalized spacial score (nSPS) is 21.5. The van der Waals surface area contributed by atoms with Crippen molar-refractivity contribution in [3.63, 3.8) is 0 Å². The molecule has 2 fully saturated rings. The summed E-state index contributed by atoms with van der Waals surface area (Å²) in [5, 5.41) is 46.5. The van der Waals surface area contributed by atoms with E-state index in [4.69, 9.17) is 16.3 Å².